The van der Waals surface area contributed by atoms with Gasteiger partial charge in [-0.3, -0.25) is 4.79 Å². The molecule has 0 aromatic carbocycles. The molecular weight excluding hydrogens is 450 g/mol. The molecule has 3 saturated carbocycles. The van der Waals surface area contributed by atoms with Gasteiger partial charge in [0.1, 0.15) is 5.67 Å². The molecule has 4 aliphatic carbocycles. The Bertz CT molecular complexity index is 876. The molecule has 2 N–H and O–H groups in total. The van der Waals surface area contributed by atoms with Gasteiger partial charge in [0, 0.05) is 23.2 Å². The Labute approximate surface area is 190 Å². The van der Waals surface area contributed by atoms with Gasteiger partial charge in [-0.25, -0.2) is 14.0 Å². The molecule has 7 atom stereocenters. The van der Waals surface area contributed by atoms with Crippen LogP contribution >= 0.6 is 23.2 Å². The Morgan fingerprint density at radius 1 is 1.19 bits per heavy atom. The van der Waals surface area contributed by atoms with E-state index in [1.165, 1.54) is 6.08 Å². The van der Waals surface area contributed by atoms with E-state index < -0.39 is 56.8 Å². The van der Waals surface area contributed by atoms with E-state index in [0.29, 0.717) is 25.7 Å². The lowest BCUT2D eigenvalue weighted by Gasteiger charge is -2.63. The van der Waals surface area contributed by atoms with Crippen LogP contribution in [0.25, 0.3) is 0 Å². The number of hydrogen-bond acceptors (Lipinski definition) is 5. The van der Waals surface area contributed by atoms with Gasteiger partial charge in [0.25, 0.3) is 0 Å². The lowest BCUT2D eigenvalue weighted by molar-refractivity contribution is -0.237. The number of esters is 1. The van der Waals surface area contributed by atoms with Crippen LogP contribution in [0, 0.1) is 22.7 Å². The first-order valence-electron chi connectivity index (χ1n) is 10.7. The molecule has 4 rings (SSSR count). The van der Waals surface area contributed by atoms with Crippen LogP contribution in [0.4, 0.5) is 4.39 Å². The number of ether oxygens (including phenoxy) is 1. The molecule has 0 aromatic rings. The second kappa shape index (κ2) is 7.16. The van der Waals surface area contributed by atoms with E-state index in [1.54, 1.807) is 13.8 Å². The Hall–Kier alpha value is -1.18. The molecule has 172 valence electrons. The molecule has 3 fully saturated rings. The summed E-state index contributed by atoms with van der Waals surface area (Å²) in [5.74, 6) is -3.49. The number of fused-ring (bicyclic) bond motifs is 5. The fourth-order valence-corrected chi connectivity index (χ4v) is 7.43. The monoisotopic (exact) mass is 476 g/mol. The molecule has 0 heterocycles. The fourth-order valence-electron chi connectivity index (χ4n) is 7.34. The number of ketones is 1. The first-order chi connectivity index (χ1) is 14.3. The van der Waals surface area contributed by atoms with Crippen molar-refractivity contribution in [3.05, 3.63) is 11.6 Å². The lowest BCUT2D eigenvalue weighted by atomic mass is 9.44. The lowest BCUT2D eigenvalue weighted by Crippen LogP contribution is -2.70. The highest BCUT2D eigenvalue weighted by Gasteiger charge is 2.76. The molecule has 0 bridgehead atoms. The highest BCUT2D eigenvalue weighted by atomic mass is 35.5. The Morgan fingerprint density at radius 3 is 2.48 bits per heavy atom. The summed E-state index contributed by atoms with van der Waals surface area (Å²) in [4.78, 5) is 35.0. The highest BCUT2D eigenvalue weighted by Crippen LogP contribution is 2.70. The molecule has 9 heteroatoms. The third-order valence-electron chi connectivity index (χ3n) is 8.96. The zero-order valence-electron chi connectivity index (χ0n) is 17.5. The van der Waals surface area contributed by atoms with Crippen LogP contribution in [-0.2, 0) is 19.1 Å². The summed E-state index contributed by atoms with van der Waals surface area (Å²) in [6.07, 6.45) is 1.63. The SMILES string of the molecule is C[C@]12CC(O)[C@]3(F)[C@@H](CCC4=CC(=O)CC[C@@]43C)[C@@H]1CCC2(OC(=O)C(Cl)Cl)C(=O)O. The second-order valence-corrected chi connectivity index (χ2v) is 11.1. The van der Waals surface area contributed by atoms with Crippen LogP contribution in [0.2, 0.25) is 0 Å². The third kappa shape index (κ3) is 2.81. The number of carboxylic acids is 1. The van der Waals surface area contributed by atoms with Gasteiger partial charge in [0.05, 0.1) is 6.10 Å². The summed E-state index contributed by atoms with van der Waals surface area (Å²) in [6, 6.07) is 0. The Morgan fingerprint density at radius 2 is 1.87 bits per heavy atom. The maximum Gasteiger partial charge on any atom is 0.348 e. The zero-order valence-corrected chi connectivity index (χ0v) is 19.0. The van der Waals surface area contributed by atoms with Gasteiger partial charge >= 0.3 is 11.9 Å². The first kappa shape index (κ1) is 23.0. The van der Waals surface area contributed by atoms with Gasteiger partial charge in [0.15, 0.2) is 5.78 Å². The second-order valence-electron chi connectivity index (χ2n) is 10.0. The number of aliphatic carboxylic acids is 1. The molecule has 0 spiro atoms. The minimum Gasteiger partial charge on any atom is -0.478 e. The number of halogens is 3. The molecule has 0 aliphatic heterocycles. The van der Waals surface area contributed by atoms with Crippen LogP contribution in [-0.4, -0.2) is 50.1 Å². The van der Waals surface area contributed by atoms with Crippen molar-refractivity contribution in [2.45, 2.75) is 81.0 Å². The van der Waals surface area contributed by atoms with Gasteiger partial charge < -0.3 is 14.9 Å². The normalized spacial score (nSPS) is 46.6. The topological polar surface area (TPSA) is 101 Å². The van der Waals surface area contributed by atoms with Crippen LogP contribution in [0.15, 0.2) is 11.6 Å². The number of alkyl halides is 3. The van der Waals surface area contributed by atoms with E-state index in [4.69, 9.17) is 27.9 Å². The standard InChI is InChI=1S/C22H27Cl2FO6/c1-19-7-5-12(26)9-11(19)3-4-14-13-6-8-21(18(29)30,31-17(28)16(23)24)20(13,2)10-15(27)22(14,19)25/h9,13-16,27H,3-8,10H2,1-2H3,(H,29,30)/t13-,14-,15?,19-,20-,21?,22+/m0/s1. The van der Waals surface area contributed by atoms with Gasteiger partial charge in [-0.1, -0.05) is 42.6 Å². The summed E-state index contributed by atoms with van der Waals surface area (Å²) < 4.78 is 22.4. The van der Waals surface area contributed by atoms with E-state index in [2.05, 4.69) is 0 Å². The first-order valence-corrected chi connectivity index (χ1v) is 11.6. The smallest absolute Gasteiger partial charge is 0.348 e. The summed E-state index contributed by atoms with van der Waals surface area (Å²) in [6.45, 7) is 3.43. The van der Waals surface area contributed by atoms with Crippen molar-refractivity contribution in [1.82, 2.24) is 0 Å². The number of aliphatic hydroxyl groups excluding tert-OH is 1. The van der Waals surface area contributed by atoms with Gasteiger partial charge in [-0.05, 0) is 50.5 Å². The average molecular weight is 477 g/mol. The van der Waals surface area contributed by atoms with E-state index in [0.717, 1.165) is 5.57 Å². The van der Waals surface area contributed by atoms with Crippen molar-refractivity contribution in [3.8, 4) is 0 Å². The highest BCUT2D eigenvalue weighted by molar-refractivity contribution is 6.53. The Kier molecular flexibility index (Phi) is 5.31. The van der Waals surface area contributed by atoms with Gasteiger partial charge in [-0.15, -0.1) is 0 Å². The molecule has 0 amide bonds. The van der Waals surface area contributed by atoms with Crippen LogP contribution in [0.3, 0.4) is 0 Å². The van der Waals surface area contributed by atoms with Crippen molar-refractivity contribution in [1.29, 1.82) is 0 Å². The van der Waals surface area contributed by atoms with Crippen molar-refractivity contribution in [3.63, 3.8) is 0 Å². The fraction of sp³-hybridized carbons (Fsp3) is 0.773. The van der Waals surface area contributed by atoms with Crippen molar-refractivity contribution < 1.29 is 33.7 Å². The molecular formula is C22H27Cl2FO6. The van der Waals surface area contributed by atoms with Crippen LogP contribution < -0.4 is 0 Å². The summed E-state index contributed by atoms with van der Waals surface area (Å²) in [7, 11) is 0. The van der Waals surface area contributed by atoms with Crippen molar-refractivity contribution in [2.24, 2.45) is 22.7 Å². The minimum atomic E-state index is -2.00. The van der Waals surface area contributed by atoms with Gasteiger partial charge in [0.2, 0.25) is 10.4 Å². The zero-order chi connectivity index (χ0) is 23.0. The number of carbonyl (C=O) groups is 3. The predicted molar refractivity (Wildman–Crippen MR) is 110 cm³/mol. The number of aliphatic hydroxyl groups is 1. The predicted octanol–water partition coefficient (Wildman–Crippen LogP) is 3.75. The van der Waals surface area contributed by atoms with Crippen molar-refractivity contribution in [2.75, 3.05) is 0 Å². The quantitative estimate of drug-likeness (QED) is 0.475. The molecule has 0 aromatic heterocycles. The Balaban J connectivity index is 1.79. The number of rotatable bonds is 3. The molecule has 2 unspecified atom stereocenters. The number of allylic oxidation sites excluding steroid dienone is 1. The van der Waals surface area contributed by atoms with Crippen LogP contribution in [0.1, 0.15) is 58.8 Å². The summed E-state index contributed by atoms with van der Waals surface area (Å²) in [5, 5.41) is 21.4. The molecule has 0 saturated heterocycles. The van der Waals surface area contributed by atoms with E-state index in [9.17, 15) is 24.6 Å². The largest absolute Gasteiger partial charge is 0.478 e. The number of hydrogen-bond donors (Lipinski definition) is 2. The molecule has 4 aliphatic rings. The van der Waals surface area contributed by atoms with Crippen molar-refractivity contribution >= 4 is 40.9 Å². The number of carboxylic acid groups (broad SMARTS) is 1. The molecule has 31 heavy (non-hydrogen) atoms. The van der Waals surface area contributed by atoms with Gasteiger partial charge in [-0.2, -0.15) is 0 Å². The maximum atomic E-state index is 17.0. The third-order valence-corrected chi connectivity index (χ3v) is 9.32. The van der Waals surface area contributed by atoms with Crippen LogP contribution in [0.5, 0.6) is 0 Å². The maximum absolute atomic E-state index is 17.0. The minimum absolute atomic E-state index is 0.00701. The van der Waals surface area contributed by atoms with E-state index >= 15 is 4.39 Å². The molecule has 6 nitrogen and oxygen atoms in total. The molecule has 0 radical (unpaired) electrons. The summed E-state index contributed by atoms with van der Waals surface area (Å²) >= 11 is 11.2. The van der Waals surface area contributed by atoms with E-state index in [-0.39, 0.29) is 25.0 Å². The number of carbonyl (C=O) groups excluding carboxylic acids is 2. The average Bonchev–Trinajstić information content (AvgIpc) is 2.96. The summed E-state index contributed by atoms with van der Waals surface area (Å²) in [5.41, 5.74) is -5.40. The van der Waals surface area contributed by atoms with E-state index in [1.807, 2.05) is 0 Å².